The molecule has 0 bridgehead atoms. The van der Waals surface area contributed by atoms with E-state index in [-0.39, 0.29) is 5.76 Å². The van der Waals surface area contributed by atoms with Gasteiger partial charge in [-0.1, -0.05) is 55.6 Å². The zero-order chi connectivity index (χ0) is 18.6. The SMILES string of the molecule is CCOC(=O)c1oc2ccccc2c1CSc1n[nH]c(CC2CCCC2)n1. The summed E-state index contributed by atoms with van der Waals surface area (Å²) in [6.45, 7) is 2.10. The minimum absolute atomic E-state index is 0.271. The molecule has 0 saturated heterocycles. The molecule has 142 valence electrons. The number of aromatic amines is 1. The third-order valence-electron chi connectivity index (χ3n) is 4.97. The van der Waals surface area contributed by atoms with Crippen molar-refractivity contribution >= 4 is 28.7 Å². The minimum Gasteiger partial charge on any atom is -0.460 e. The fourth-order valence-electron chi connectivity index (χ4n) is 3.66. The first kappa shape index (κ1) is 18.1. The number of thioether (sulfide) groups is 1. The number of fused-ring (bicyclic) bond motifs is 1. The van der Waals surface area contributed by atoms with Gasteiger partial charge in [-0.15, -0.1) is 5.10 Å². The molecule has 0 radical (unpaired) electrons. The highest BCUT2D eigenvalue weighted by Gasteiger charge is 2.22. The fraction of sp³-hybridized carbons (Fsp3) is 0.450. The second kappa shape index (κ2) is 8.17. The maximum absolute atomic E-state index is 12.3. The maximum atomic E-state index is 12.3. The highest BCUT2D eigenvalue weighted by atomic mass is 32.2. The van der Waals surface area contributed by atoms with E-state index in [0.717, 1.165) is 29.1 Å². The molecule has 0 spiro atoms. The molecule has 2 heterocycles. The summed E-state index contributed by atoms with van der Waals surface area (Å²) in [6.07, 6.45) is 6.19. The molecule has 1 fully saturated rings. The Morgan fingerprint density at radius 1 is 1.33 bits per heavy atom. The number of hydrogen-bond donors (Lipinski definition) is 1. The molecule has 0 atom stereocenters. The summed E-state index contributed by atoms with van der Waals surface area (Å²) in [4.78, 5) is 16.9. The first-order chi connectivity index (χ1) is 13.2. The summed E-state index contributed by atoms with van der Waals surface area (Å²) in [5.41, 5.74) is 1.52. The molecular formula is C20H23N3O3S. The molecule has 1 N–H and O–H groups in total. The molecule has 1 saturated carbocycles. The Morgan fingerprint density at radius 2 is 2.15 bits per heavy atom. The summed E-state index contributed by atoms with van der Waals surface area (Å²) in [6, 6.07) is 7.65. The number of benzene rings is 1. The molecule has 0 amide bonds. The highest BCUT2D eigenvalue weighted by molar-refractivity contribution is 7.98. The summed E-state index contributed by atoms with van der Waals surface area (Å²) in [7, 11) is 0. The van der Waals surface area contributed by atoms with Crippen LogP contribution in [0, 0.1) is 5.92 Å². The Hall–Kier alpha value is -2.28. The van der Waals surface area contributed by atoms with E-state index in [0.29, 0.717) is 23.1 Å². The molecule has 7 heteroatoms. The van der Waals surface area contributed by atoms with Crippen molar-refractivity contribution in [3.63, 3.8) is 0 Å². The predicted molar refractivity (Wildman–Crippen MR) is 104 cm³/mol. The average molecular weight is 385 g/mol. The van der Waals surface area contributed by atoms with Crippen LogP contribution in [0.4, 0.5) is 0 Å². The van der Waals surface area contributed by atoms with Gasteiger partial charge in [-0.05, 0) is 18.9 Å². The van der Waals surface area contributed by atoms with Crippen molar-refractivity contribution in [2.45, 2.75) is 49.9 Å². The molecule has 2 aromatic heterocycles. The molecule has 1 aliphatic carbocycles. The molecule has 1 aliphatic rings. The van der Waals surface area contributed by atoms with E-state index < -0.39 is 5.97 Å². The number of nitrogens with one attached hydrogen (secondary N) is 1. The number of rotatable bonds is 7. The van der Waals surface area contributed by atoms with E-state index in [9.17, 15) is 4.79 Å². The van der Waals surface area contributed by atoms with Gasteiger partial charge in [-0.3, -0.25) is 5.10 Å². The Labute approximate surface area is 162 Å². The lowest BCUT2D eigenvalue weighted by Crippen LogP contribution is -2.05. The third kappa shape index (κ3) is 4.03. The third-order valence-corrected chi connectivity index (χ3v) is 5.85. The lowest BCUT2D eigenvalue weighted by molar-refractivity contribution is 0.0491. The molecule has 0 aliphatic heterocycles. The number of para-hydroxylation sites is 1. The van der Waals surface area contributed by atoms with Gasteiger partial charge in [0.05, 0.1) is 6.61 Å². The molecule has 0 unspecified atom stereocenters. The van der Waals surface area contributed by atoms with Gasteiger partial charge in [-0.25, -0.2) is 9.78 Å². The normalized spacial score (nSPS) is 14.9. The second-order valence-electron chi connectivity index (χ2n) is 6.83. The first-order valence-corrected chi connectivity index (χ1v) is 10.4. The van der Waals surface area contributed by atoms with Crippen LogP contribution < -0.4 is 0 Å². The smallest absolute Gasteiger partial charge is 0.374 e. The molecule has 4 rings (SSSR count). The highest BCUT2D eigenvalue weighted by Crippen LogP contribution is 2.32. The van der Waals surface area contributed by atoms with Crippen LogP contribution in [0.15, 0.2) is 33.8 Å². The van der Waals surface area contributed by atoms with Gasteiger partial charge in [0.25, 0.3) is 0 Å². The molecule has 3 aromatic rings. The van der Waals surface area contributed by atoms with Gasteiger partial charge < -0.3 is 9.15 Å². The lowest BCUT2D eigenvalue weighted by Gasteiger charge is -2.04. The topological polar surface area (TPSA) is 81.0 Å². The van der Waals surface area contributed by atoms with Crippen molar-refractivity contribution in [2.24, 2.45) is 5.92 Å². The Kier molecular flexibility index (Phi) is 5.48. The minimum atomic E-state index is -0.429. The maximum Gasteiger partial charge on any atom is 0.374 e. The average Bonchev–Trinajstić information content (AvgIpc) is 3.40. The second-order valence-corrected chi connectivity index (χ2v) is 7.78. The lowest BCUT2D eigenvalue weighted by atomic mass is 10.0. The summed E-state index contributed by atoms with van der Waals surface area (Å²) in [5, 5.41) is 9.01. The largest absolute Gasteiger partial charge is 0.460 e. The quantitative estimate of drug-likeness (QED) is 0.467. The van der Waals surface area contributed by atoms with Crippen LogP contribution in [0.3, 0.4) is 0 Å². The summed E-state index contributed by atoms with van der Waals surface area (Å²) < 4.78 is 10.9. The van der Waals surface area contributed by atoms with Crippen LogP contribution in [0.1, 0.15) is 54.5 Å². The number of aromatic nitrogens is 3. The molecule has 1 aromatic carbocycles. The van der Waals surface area contributed by atoms with Crippen molar-refractivity contribution in [1.29, 1.82) is 0 Å². The number of esters is 1. The van der Waals surface area contributed by atoms with Crippen LogP contribution in [-0.2, 0) is 16.9 Å². The van der Waals surface area contributed by atoms with Crippen molar-refractivity contribution in [2.75, 3.05) is 6.61 Å². The monoisotopic (exact) mass is 385 g/mol. The summed E-state index contributed by atoms with van der Waals surface area (Å²) >= 11 is 1.50. The predicted octanol–water partition coefficient (Wildman–Crippen LogP) is 4.75. The Balaban J connectivity index is 1.50. The van der Waals surface area contributed by atoms with Gasteiger partial charge in [0, 0.05) is 23.1 Å². The number of carbonyl (C=O) groups excluding carboxylic acids is 1. The first-order valence-electron chi connectivity index (χ1n) is 9.46. The zero-order valence-electron chi connectivity index (χ0n) is 15.4. The summed E-state index contributed by atoms with van der Waals surface area (Å²) in [5.74, 6) is 2.07. The standard InChI is InChI=1S/C20H23N3O3S/c1-2-25-19(24)18-15(14-9-5-6-10-16(14)26-18)12-27-20-21-17(22-23-20)11-13-7-3-4-8-13/h5-6,9-10,13H,2-4,7-8,11-12H2,1H3,(H,21,22,23). The van der Waals surface area contributed by atoms with Crippen molar-refractivity contribution in [3.05, 3.63) is 41.4 Å². The van der Waals surface area contributed by atoms with E-state index in [1.54, 1.807) is 6.92 Å². The van der Waals surface area contributed by atoms with Crippen molar-refractivity contribution in [3.8, 4) is 0 Å². The molecule has 27 heavy (non-hydrogen) atoms. The van der Waals surface area contributed by atoms with Gasteiger partial charge in [0.1, 0.15) is 11.4 Å². The van der Waals surface area contributed by atoms with Crippen LogP contribution in [-0.4, -0.2) is 27.8 Å². The molecule has 6 nitrogen and oxygen atoms in total. The van der Waals surface area contributed by atoms with Gasteiger partial charge >= 0.3 is 5.97 Å². The van der Waals surface area contributed by atoms with Crippen LogP contribution in [0.2, 0.25) is 0 Å². The fourth-order valence-corrected chi connectivity index (χ4v) is 4.51. The van der Waals surface area contributed by atoms with E-state index in [2.05, 4.69) is 15.2 Å². The zero-order valence-corrected chi connectivity index (χ0v) is 16.2. The number of hydrogen-bond acceptors (Lipinski definition) is 6. The number of H-pyrrole nitrogens is 1. The Bertz CT molecular complexity index is 928. The van der Waals surface area contributed by atoms with Crippen molar-refractivity contribution < 1.29 is 13.9 Å². The van der Waals surface area contributed by atoms with Gasteiger partial charge in [-0.2, -0.15) is 0 Å². The van der Waals surface area contributed by atoms with Gasteiger partial charge in [0.2, 0.25) is 10.9 Å². The van der Waals surface area contributed by atoms with Gasteiger partial charge in [0.15, 0.2) is 0 Å². The van der Waals surface area contributed by atoms with E-state index in [1.165, 1.54) is 37.4 Å². The van der Waals surface area contributed by atoms with E-state index >= 15 is 0 Å². The van der Waals surface area contributed by atoms with E-state index in [1.807, 2.05) is 24.3 Å². The van der Waals surface area contributed by atoms with Crippen LogP contribution in [0.5, 0.6) is 0 Å². The van der Waals surface area contributed by atoms with Crippen molar-refractivity contribution in [1.82, 2.24) is 15.2 Å². The van der Waals surface area contributed by atoms with Crippen LogP contribution >= 0.6 is 11.8 Å². The number of nitrogens with zero attached hydrogens (tertiary/aromatic N) is 2. The number of furan rings is 1. The Morgan fingerprint density at radius 3 is 2.96 bits per heavy atom. The number of ether oxygens (including phenoxy) is 1. The van der Waals surface area contributed by atoms with Crippen LogP contribution in [0.25, 0.3) is 11.0 Å². The number of carbonyl (C=O) groups is 1. The molecular weight excluding hydrogens is 362 g/mol. The van der Waals surface area contributed by atoms with E-state index in [4.69, 9.17) is 9.15 Å².